The Hall–Kier alpha value is -1.64. The first-order valence-electron chi connectivity index (χ1n) is 5.51. The molecule has 0 aliphatic heterocycles. The lowest BCUT2D eigenvalue weighted by Gasteiger charge is -2.40. The van der Waals surface area contributed by atoms with Crippen molar-refractivity contribution in [2.24, 2.45) is 5.73 Å². The predicted octanol–water partition coefficient (Wildman–Crippen LogP) is 4.21. The number of hydrogen-bond donors (Lipinski definition) is 1. The highest BCUT2D eigenvalue weighted by Crippen LogP contribution is 2.60. The van der Waals surface area contributed by atoms with Crippen LogP contribution >= 0.6 is 0 Å². The molecule has 0 bridgehead atoms. The van der Waals surface area contributed by atoms with Crippen molar-refractivity contribution in [1.82, 2.24) is 0 Å². The quantitative estimate of drug-likeness (QED) is 0.671. The summed E-state index contributed by atoms with van der Waals surface area (Å²) in [5.41, 5.74) is 4.11. The Morgan fingerprint density at radius 1 is 0.720 bits per heavy atom. The molecule has 0 fully saturated rings. The molecule has 0 spiro atoms. The number of hydrogen-bond acceptors (Lipinski definition) is 2. The molecule has 0 saturated heterocycles. The lowest BCUT2D eigenvalue weighted by atomic mass is 9.92. The Balaban J connectivity index is 6.25. The van der Waals surface area contributed by atoms with Crippen LogP contribution in [0.5, 0.6) is 0 Å². The molecule has 0 aliphatic rings. The summed E-state index contributed by atoms with van der Waals surface area (Å²) >= 11 is 0. The molecular formula is C9H6F13NO2. The minimum absolute atomic E-state index is 0.269. The molecule has 1 unspecified atom stereocenters. The number of alkyl halides is 13. The van der Waals surface area contributed by atoms with E-state index in [0.29, 0.717) is 0 Å². The third kappa shape index (κ3) is 3.26. The van der Waals surface area contributed by atoms with Gasteiger partial charge in [-0.2, -0.15) is 57.1 Å². The molecular weight excluding hydrogens is 401 g/mol. The summed E-state index contributed by atoms with van der Waals surface area (Å²) in [5, 5.41) is 0. The number of rotatable bonds is 6. The van der Waals surface area contributed by atoms with Crippen molar-refractivity contribution in [2.75, 3.05) is 0 Å². The average Bonchev–Trinajstić information content (AvgIpc) is 2.35. The Kier molecular flexibility index (Phi) is 5.57. The van der Waals surface area contributed by atoms with Gasteiger partial charge in [0.1, 0.15) is 0 Å². The van der Waals surface area contributed by atoms with E-state index in [9.17, 15) is 61.9 Å². The van der Waals surface area contributed by atoms with Gasteiger partial charge in [-0.3, -0.25) is 0 Å². The molecule has 0 aromatic carbocycles. The Bertz CT molecular complexity index is 512. The monoisotopic (exact) mass is 407 g/mol. The van der Waals surface area contributed by atoms with Crippen molar-refractivity contribution >= 4 is 6.09 Å². The molecule has 3 nitrogen and oxygen atoms in total. The maximum atomic E-state index is 13.2. The number of ether oxygens (including phenoxy) is 1. The average molecular weight is 407 g/mol. The fraction of sp³-hybridized carbons (Fsp3) is 0.889. The summed E-state index contributed by atoms with van der Waals surface area (Å²) in [6, 6.07) is 0. The number of primary amides is 1. The maximum absolute atomic E-state index is 13.2. The molecule has 0 aromatic rings. The molecule has 2 N–H and O–H groups in total. The molecule has 0 aliphatic carbocycles. The van der Waals surface area contributed by atoms with Gasteiger partial charge in [0.25, 0.3) is 0 Å². The van der Waals surface area contributed by atoms with E-state index in [1.54, 1.807) is 0 Å². The summed E-state index contributed by atoms with van der Waals surface area (Å²) in [7, 11) is 0. The van der Waals surface area contributed by atoms with E-state index in [1.807, 2.05) is 0 Å². The van der Waals surface area contributed by atoms with Crippen molar-refractivity contribution in [3.8, 4) is 0 Å². The Labute approximate surface area is 128 Å². The first-order valence-corrected chi connectivity index (χ1v) is 5.51. The lowest BCUT2D eigenvalue weighted by Crippen LogP contribution is -2.71. The second-order valence-corrected chi connectivity index (χ2v) is 4.50. The van der Waals surface area contributed by atoms with Gasteiger partial charge in [-0.15, -0.1) is 0 Å². The maximum Gasteiger partial charge on any atom is 0.460 e. The van der Waals surface area contributed by atoms with Crippen LogP contribution in [0.3, 0.4) is 0 Å². The number of nitrogens with two attached hydrogens (primary N) is 1. The van der Waals surface area contributed by atoms with Crippen LogP contribution < -0.4 is 5.73 Å². The third-order valence-corrected chi connectivity index (χ3v) is 2.76. The SMILES string of the molecule is CC(OC(N)=O)C(F)(F)C(F)(F)C(F)(F)C(F)(F)C(F)(F)C(F)(F)F. The summed E-state index contributed by atoms with van der Waals surface area (Å²) in [6.07, 6.45) is -13.5. The third-order valence-electron chi connectivity index (χ3n) is 2.76. The van der Waals surface area contributed by atoms with E-state index in [1.165, 1.54) is 0 Å². The lowest BCUT2D eigenvalue weighted by molar-refractivity contribution is -0.443. The second-order valence-electron chi connectivity index (χ2n) is 4.50. The number of carbonyl (C=O) groups is 1. The predicted molar refractivity (Wildman–Crippen MR) is 50.9 cm³/mol. The van der Waals surface area contributed by atoms with Crippen molar-refractivity contribution in [3.63, 3.8) is 0 Å². The Morgan fingerprint density at radius 3 is 1.32 bits per heavy atom. The van der Waals surface area contributed by atoms with Crippen molar-refractivity contribution < 1.29 is 66.6 Å². The second kappa shape index (κ2) is 5.96. The standard InChI is InChI=1S/C9H6F13NO2/c1-2(25-3(23)24)4(10,11)5(12,13)6(14,15)7(16,17)8(18,19)9(20,21)22/h2H,1H3,(H2,23,24). The number of amides is 1. The minimum atomic E-state index is -8.00. The number of carbonyl (C=O) groups excluding carboxylic acids is 1. The molecule has 0 saturated carbocycles. The molecule has 150 valence electrons. The molecule has 1 atom stereocenters. The van der Waals surface area contributed by atoms with E-state index in [2.05, 4.69) is 10.5 Å². The van der Waals surface area contributed by atoms with Crippen molar-refractivity contribution in [1.29, 1.82) is 0 Å². The van der Waals surface area contributed by atoms with Crippen molar-refractivity contribution in [3.05, 3.63) is 0 Å². The van der Waals surface area contributed by atoms with Gasteiger partial charge in [0, 0.05) is 0 Å². The number of halogens is 13. The van der Waals surface area contributed by atoms with Gasteiger partial charge in [0.2, 0.25) is 0 Å². The van der Waals surface area contributed by atoms with Crippen LogP contribution in [0.4, 0.5) is 61.9 Å². The zero-order valence-corrected chi connectivity index (χ0v) is 11.4. The first-order chi connectivity index (χ1) is 10.6. The van der Waals surface area contributed by atoms with Crippen LogP contribution in [0.1, 0.15) is 6.92 Å². The summed E-state index contributed by atoms with van der Waals surface area (Å²) in [4.78, 5) is 10.1. The van der Waals surface area contributed by atoms with E-state index < -0.39 is 48.0 Å². The zero-order chi connectivity index (χ0) is 20.9. The van der Waals surface area contributed by atoms with Crippen LogP contribution in [0, 0.1) is 0 Å². The van der Waals surface area contributed by atoms with Gasteiger partial charge >= 0.3 is 41.9 Å². The van der Waals surface area contributed by atoms with Crippen LogP contribution in [0.15, 0.2) is 0 Å². The van der Waals surface area contributed by atoms with Crippen LogP contribution in [0.2, 0.25) is 0 Å². The van der Waals surface area contributed by atoms with E-state index >= 15 is 0 Å². The van der Waals surface area contributed by atoms with Gasteiger partial charge in [-0.05, 0) is 6.92 Å². The largest absolute Gasteiger partial charge is 0.460 e. The first kappa shape index (κ1) is 23.4. The summed E-state index contributed by atoms with van der Waals surface area (Å²) < 4.78 is 168. The molecule has 25 heavy (non-hydrogen) atoms. The Morgan fingerprint density at radius 2 is 1.04 bits per heavy atom. The van der Waals surface area contributed by atoms with Crippen molar-refractivity contribution in [2.45, 2.75) is 48.8 Å². The zero-order valence-electron chi connectivity index (χ0n) is 11.4. The van der Waals surface area contributed by atoms with Gasteiger partial charge in [0.15, 0.2) is 6.10 Å². The smallest absolute Gasteiger partial charge is 0.440 e. The van der Waals surface area contributed by atoms with Gasteiger partial charge in [0.05, 0.1) is 0 Å². The molecule has 0 radical (unpaired) electrons. The molecule has 0 heterocycles. The summed E-state index contributed by atoms with van der Waals surface area (Å²) in [6.45, 7) is -0.269. The van der Waals surface area contributed by atoms with E-state index in [-0.39, 0.29) is 6.92 Å². The normalized spacial score (nSPS) is 16.6. The minimum Gasteiger partial charge on any atom is -0.440 e. The topological polar surface area (TPSA) is 52.3 Å². The van der Waals surface area contributed by atoms with Gasteiger partial charge in [-0.25, -0.2) is 4.79 Å². The fourth-order valence-corrected chi connectivity index (χ4v) is 1.29. The molecule has 0 aromatic heterocycles. The van der Waals surface area contributed by atoms with Crippen LogP contribution in [-0.2, 0) is 4.74 Å². The van der Waals surface area contributed by atoms with Crippen LogP contribution in [-0.4, -0.2) is 48.0 Å². The molecule has 1 amide bonds. The fourth-order valence-electron chi connectivity index (χ4n) is 1.29. The highest BCUT2D eigenvalue weighted by atomic mass is 19.4. The molecule has 0 rings (SSSR count). The van der Waals surface area contributed by atoms with Gasteiger partial charge in [-0.1, -0.05) is 0 Å². The highest BCUT2D eigenvalue weighted by Gasteiger charge is 2.91. The summed E-state index contributed by atoms with van der Waals surface area (Å²) in [5.74, 6) is -37.8. The molecule has 16 heteroatoms. The van der Waals surface area contributed by atoms with Gasteiger partial charge < -0.3 is 10.5 Å². The van der Waals surface area contributed by atoms with E-state index in [0.717, 1.165) is 0 Å². The van der Waals surface area contributed by atoms with Crippen LogP contribution in [0.25, 0.3) is 0 Å². The highest BCUT2D eigenvalue weighted by molar-refractivity contribution is 5.64. The van der Waals surface area contributed by atoms with E-state index in [4.69, 9.17) is 0 Å².